The Kier molecular flexibility index (Phi) is 3.10. The van der Waals surface area contributed by atoms with Crippen LogP contribution in [0.3, 0.4) is 0 Å². The van der Waals surface area contributed by atoms with Gasteiger partial charge in [0.05, 0.1) is 0 Å². The number of carbonyl (C=O) groups excluding carboxylic acids is 1. The molecule has 0 aliphatic heterocycles. The third-order valence-corrected chi connectivity index (χ3v) is 2.38. The zero-order chi connectivity index (χ0) is 9.84. The minimum Gasteiger partial charge on any atom is -0.359 e. The van der Waals surface area contributed by atoms with E-state index in [4.69, 9.17) is 5.73 Å². The first kappa shape index (κ1) is 9.82. The molecule has 13 heavy (non-hydrogen) atoms. The van der Waals surface area contributed by atoms with Gasteiger partial charge in [-0.15, -0.1) is 0 Å². The lowest BCUT2D eigenvalue weighted by Gasteiger charge is -1.96. The molecule has 0 aliphatic carbocycles. The molecule has 0 spiro atoms. The van der Waals surface area contributed by atoms with Crippen LogP contribution in [0.1, 0.15) is 11.1 Å². The normalized spacial score (nSPS) is 8.77. The standard InChI is InChI=1S/C10H8BrNO/c1-7-6-8(2-4-9(7)11)3-5-10(12)13/h2,4,6H,1H3,(H2,12,13). The summed E-state index contributed by atoms with van der Waals surface area (Å²) in [5.74, 6) is 4.34. The van der Waals surface area contributed by atoms with Crippen molar-refractivity contribution in [1.82, 2.24) is 0 Å². The molecule has 0 radical (unpaired) electrons. The Morgan fingerprint density at radius 1 is 1.54 bits per heavy atom. The average molecular weight is 238 g/mol. The second kappa shape index (κ2) is 4.11. The topological polar surface area (TPSA) is 43.1 Å². The largest absolute Gasteiger partial charge is 0.359 e. The fraction of sp³-hybridized carbons (Fsp3) is 0.100. The Hall–Kier alpha value is -1.27. The van der Waals surface area contributed by atoms with E-state index < -0.39 is 5.91 Å². The molecule has 2 N–H and O–H groups in total. The van der Waals surface area contributed by atoms with Gasteiger partial charge in [-0.25, -0.2) is 0 Å². The van der Waals surface area contributed by atoms with Crippen LogP contribution in [-0.2, 0) is 4.79 Å². The van der Waals surface area contributed by atoms with E-state index in [-0.39, 0.29) is 0 Å². The number of halogens is 1. The van der Waals surface area contributed by atoms with E-state index in [1.165, 1.54) is 0 Å². The first-order valence-corrected chi connectivity index (χ1v) is 4.46. The third kappa shape index (κ3) is 2.92. The van der Waals surface area contributed by atoms with Crippen molar-refractivity contribution in [1.29, 1.82) is 0 Å². The first-order chi connectivity index (χ1) is 6.09. The van der Waals surface area contributed by atoms with Gasteiger partial charge in [0.15, 0.2) is 0 Å². The highest BCUT2D eigenvalue weighted by molar-refractivity contribution is 9.10. The fourth-order valence-electron chi connectivity index (χ4n) is 0.856. The lowest BCUT2D eigenvalue weighted by Crippen LogP contribution is -2.06. The molecule has 0 heterocycles. The Balaban J connectivity index is 3.00. The summed E-state index contributed by atoms with van der Waals surface area (Å²) in [6.07, 6.45) is 0. The minimum absolute atomic E-state index is 0.611. The van der Waals surface area contributed by atoms with Gasteiger partial charge in [-0.1, -0.05) is 21.9 Å². The van der Waals surface area contributed by atoms with Crippen LogP contribution < -0.4 is 5.73 Å². The van der Waals surface area contributed by atoms with Crippen molar-refractivity contribution in [3.8, 4) is 11.8 Å². The molecular formula is C10H8BrNO. The maximum atomic E-state index is 10.4. The summed E-state index contributed by atoms with van der Waals surface area (Å²) < 4.78 is 1.03. The molecule has 0 unspecified atom stereocenters. The highest BCUT2D eigenvalue weighted by atomic mass is 79.9. The predicted octanol–water partition coefficient (Wildman–Crippen LogP) is 1.59. The molecule has 2 nitrogen and oxygen atoms in total. The van der Waals surface area contributed by atoms with Gasteiger partial charge in [0.1, 0.15) is 0 Å². The maximum absolute atomic E-state index is 10.4. The molecule has 0 atom stereocenters. The number of hydrogen-bond acceptors (Lipinski definition) is 1. The van der Waals surface area contributed by atoms with Crippen molar-refractivity contribution < 1.29 is 4.79 Å². The van der Waals surface area contributed by atoms with E-state index in [2.05, 4.69) is 27.8 Å². The van der Waals surface area contributed by atoms with E-state index in [1.807, 2.05) is 25.1 Å². The predicted molar refractivity (Wildman–Crippen MR) is 55.0 cm³/mol. The number of rotatable bonds is 0. The van der Waals surface area contributed by atoms with Crippen LogP contribution in [0.25, 0.3) is 0 Å². The second-order valence-corrected chi connectivity index (χ2v) is 3.43. The summed E-state index contributed by atoms with van der Waals surface area (Å²) in [6.45, 7) is 1.96. The number of nitrogens with two attached hydrogens (primary N) is 1. The van der Waals surface area contributed by atoms with Gasteiger partial charge in [0.25, 0.3) is 5.91 Å². The molecule has 0 fully saturated rings. The highest BCUT2D eigenvalue weighted by Gasteiger charge is 1.94. The van der Waals surface area contributed by atoms with Crippen LogP contribution in [0.4, 0.5) is 0 Å². The summed E-state index contributed by atoms with van der Waals surface area (Å²) in [5.41, 5.74) is 6.76. The molecule has 1 rings (SSSR count). The summed E-state index contributed by atoms with van der Waals surface area (Å²) in [4.78, 5) is 10.4. The fourth-order valence-corrected chi connectivity index (χ4v) is 1.10. The molecule has 1 aromatic rings. The molecule has 0 aromatic heterocycles. The Labute approximate surface area is 85.3 Å². The second-order valence-electron chi connectivity index (χ2n) is 2.58. The average Bonchev–Trinajstić information content (AvgIpc) is 2.07. The van der Waals surface area contributed by atoms with E-state index in [0.717, 1.165) is 15.6 Å². The molecule has 0 saturated heterocycles. The lowest BCUT2D eigenvalue weighted by atomic mass is 10.1. The zero-order valence-corrected chi connectivity index (χ0v) is 8.68. The van der Waals surface area contributed by atoms with E-state index >= 15 is 0 Å². The van der Waals surface area contributed by atoms with Gasteiger partial charge >= 0.3 is 0 Å². The van der Waals surface area contributed by atoms with E-state index in [9.17, 15) is 4.79 Å². The number of amides is 1. The van der Waals surface area contributed by atoms with Gasteiger partial charge in [-0.2, -0.15) is 0 Å². The number of benzene rings is 1. The molecule has 0 bridgehead atoms. The molecular weight excluding hydrogens is 230 g/mol. The van der Waals surface area contributed by atoms with Crippen molar-refractivity contribution in [3.63, 3.8) is 0 Å². The molecule has 3 heteroatoms. The highest BCUT2D eigenvalue weighted by Crippen LogP contribution is 2.16. The van der Waals surface area contributed by atoms with Crippen LogP contribution in [0.5, 0.6) is 0 Å². The number of hydrogen-bond donors (Lipinski definition) is 1. The van der Waals surface area contributed by atoms with Gasteiger partial charge in [-0.05, 0) is 36.6 Å². The Morgan fingerprint density at radius 3 is 2.77 bits per heavy atom. The van der Waals surface area contributed by atoms with Crippen molar-refractivity contribution in [2.75, 3.05) is 0 Å². The van der Waals surface area contributed by atoms with Gasteiger partial charge in [-0.3, -0.25) is 4.79 Å². The van der Waals surface area contributed by atoms with Crippen molar-refractivity contribution in [3.05, 3.63) is 33.8 Å². The Morgan fingerprint density at radius 2 is 2.23 bits per heavy atom. The summed E-state index contributed by atoms with van der Waals surface area (Å²) >= 11 is 3.37. The zero-order valence-electron chi connectivity index (χ0n) is 7.10. The van der Waals surface area contributed by atoms with Crippen LogP contribution in [0.2, 0.25) is 0 Å². The number of primary amides is 1. The number of aryl methyl sites for hydroxylation is 1. The monoisotopic (exact) mass is 237 g/mol. The Bertz CT molecular complexity index is 401. The SMILES string of the molecule is Cc1cc(C#CC(N)=O)ccc1Br. The van der Waals surface area contributed by atoms with Gasteiger partial charge in [0, 0.05) is 10.0 Å². The molecule has 1 aromatic carbocycles. The van der Waals surface area contributed by atoms with Crippen LogP contribution >= 0.6 is 15.9 Å². The van der Waals surface area contributed by atoms with Crippen molar-refractivity contribution in [2.24, 2.45) is 5.73 Å². The lowest BCUT2D eigenvalue weighted by molar-refractivity contribution is -0.112. The summed E-state index contributed by atoms with van der Waals surface area (Å²) in [7, 11) is 0. The maximum Gasteiger partial charge on any atom is 0.293 e. The van der Waals surface area contributed by atoms with Gasteiger partial charge in [0.2, 0.25) is 0 Å². The molecule has 0 aliphatic rings. The summed E-state index contributed by atoms with van der Waals surface area (Å²) in [6, 6.07) is 5.60. The van der Waals surface area contributed by atoms with Crippen molar-refractivity contribution in [2.45, 2.75) is 6.92 Å². The van der Waals surface area contributed by atoms with Crippen LogP contribution in [0, 0.1) is 18.8 Å². The van der Waals surface area contributed by atoms with Crippen LogP contribution in [0.15, 0.2) is 22.7 Å². The quantitative estimate of drug-likeness (QED) is 0.685. The minimum atomic E-state index is -0.611. The first-order valence-electron chi connectivity index (χ1n) is 3.67. The van der Waals surface area contributed by atoms with Crippen LogP contribution in [-0.4, -0.2) is 5.91 Å². The third-order valence-electron chi connectivity index (χ3n) is 1.49. The smallest absolute Gasteiger partial charge is 0.293 e. The van der Waals surface area contributed by atoms with Gasteiger partial charge < -0.3 is 5.73 Å². The molecule has 66 valence electrons. The van der Waals surface area contributed by atoms with E-state index in [0.29, 0.717) is 0 Å². The summed E-state index contributed by atoms with van der Waals surface area (Å²) in [5, 5.41) is 0. The number of carbonyl (C=O) groups is 1. The van der Waals surface area contributed by atoms with E-state index in [1.54, 1.807) is 0 Å². The van der Waals surface area contributed by atoms with Crippen molar-refractivity contribution >= 4 is 21.8 Å². The molecule has 0 saturated carbocycles. The molecule has 1 amide bonds.